The lowest BCUT2D eigenvalue weighted by Gasteiger charge is -2.24. The number of rotatable bonds is 5. The molecule has 0 spiro atoms. The van der Waals surface area contributed by atoms with Crippen molar-refractivity contribution >= 4 is 34.5 Å². The molecule has 37 heavy (non-hydrogen) atoms. The van der Waals surface area contributed by atoms with Crippen molar-refractivity contribution in [2.24, 2.45) is 5.92 Å². The number of nitrogens with zero attached hydrogens (tertiary/aromatic N) is 4. The third-order valence-electron chi connectivity index (χ3n) is 6.73. The van der Waals surface area contributed by atoms with E-state index in [9.17, 15) is 14.0 Å². The van der Waals surface area contributed by atoms with Gasteiger partial charge in [-0.05, 0) is 77.1 Å². The first-order valence-electron chi connectivity index (χ1n) is 12.5. The first-order valence-corrected chi connectivity index (χ1v) is 12.9. The van der Waals surface area contributed by atoms with Crippen molar-refractivity contribution in [1.82, 2.24) is 19.4 Å². The minimum Gasteiger partial charge on any atom is -0.444 e. The normalized spacial score (nSPS) is 16.0. The van der Waals surface area contributed by atoms with Crippen molar-refractivity contribution < 1.29 is 18.7 Å². The van der Waals surface area contributed by atoms with Gasteiger partial charge in [-0.2, -0.15) is 0 Å². The zero-order valence-electron chi connectivity index (χ0n) is 22.2. The number of hydrogen-bond acceptors (Lipinski definition) is 4. The molecule has 3 aromatic rings. The summed E-state index contributed by atoms with van der Waals surface area (Å²) in [5.41, 5.74) is 1.99. The highest BCUT2D eigenvalue weighted by Gasteiger charge is 2.31. The standard InChI is InChI=1S/C28H34ClFN4O3/c1-17(2)32(6)26(35)21-12-20(30)7-8-23(21)34-16-19(25-22(29)13-31-14-24(25)34)11-18-9-10-33(15-18)27(36)37-28(3,4)5/h7-8,12-14,16-18H,9-11,15H2,1-6H3/t18-/m1/s1. The minimum absolute atomic E-state index is 0.0491. The Kier molecular flexibility index (Phi) is 7.51. The molecule has 2 aromatic heterocycles. The van der Waals surface area contributed by atoms with E-state index in [0.717, 1.165) is 22.9 Å². The minimum atomic E-state index is -0.545. The molecule has 1 aliphatic rings. The van der Waals surface area contributed by atoms with Gasteiger partial charge in [-0.15, -0.1) is 0 Å². The number of likely N-dealkylation sites (tertiary alicyclic amines) is 1. The molecule has 0 radical (unpaired) electrons. The molecule has 1 fully saturated rings. The second-order valence-electron chi connectivity index (χ2n) is 11.0. The maximum atomic E-state index is 14.3. The first-order chi connectivity index (χ1) is 17.4. The van der Waals surface area contributed by atoms with E-state index in [1.807, 2.05) is 45.4 Å². The zero-order chi connectivity index (χ0) is 27.1. The molecule has 1 aliphatic heterocycles. The van der Waals surface area contributed by atoms with Gasteiger partial charge in [-0.25, -0.2) is 9.18 Å². The fourth-order valence-corrected chi connectivity index (χ4v) is 4.96. The zero-order valence-corrected chi connectivity index (χ0v) is 23.0. The Hall–Kier alpha value is -3.13. The Bertz CT molecular complexity index is 1330. The van der Waals surface area contributed by atoms with Gasteiger partial charge in [0.25, 0.3) is 5.91 Å². The lowest BCUT2D eigenvalue weighted by molar-refractivity contribution is 0.0288. The van der Waals surface area contributed by atoms with Crippen molar-refractivity contribution in [3.63, 3.8) is 0 Å². The summed E-state index contributed by atoms with van der Waals surface area (Å²) in [5, 5.41) is 1.34. The van der Waals surface area contributed by atoms with Crippen molar-refractivity contribution in [3.8, 4) is 5.69 Å². The molecule has 2 amide bonds. The SMILES string of the molecule is CC(C)N(C)C(=O)c1cc(F)ccc1-n1cc(C[C@H]2CCN(C(=O)OC(C)(C)C)C2)c2c(Cl)cncc21. The van der Waals surface area contributed by atoms with Gasteiger partial charge in [-0.3, -0.25) is 9.78 Å². The van der Waals surface area contributed by atoms with Gasteiger partial charge in [0.1, 0.15) is 11.4 Å². The largest absolute Gasteiger partial charge is 0.444 e. The number of hydrogen-bond donors (Lipinski definition) is 0. The Labute approximate surface area is 222 Å². The molecule has 1 aromatic carbocycles. The van der Waals surface area contributed by atoms with Crippen LogP contribution in [-0.2, 0) is 11.2 Å². The number of benzene rings is 1. The molecule has 1 saturated heterocycles. The molecule has 4 rings (SSSR count). The highest BCUT2D eigenvalue weighted by molar-refractivity contribution is 6.35. The van der Waals surface area contributed by atoms with Crippen molar-refractivity contribution in [3.05, 3.63) is 58.8 Å². The Balaban J connectivity index is 1.70. The molecular weight excluding hydrogens is 495 g/mol. The Morgan fingerprint density at radius 2 is 2.00 bits per heavy atom. The molecule has 0 N–H and O–H groups in total. The molecule has 198 valence electrons. The molecule has 1 atom stereocenters. The number of pyridine rings is 1. The summed E-state index contributed by atoms with van der Waals surface area (Å²) >= 11 is 6.62. The number of aromatic nitrogens is 2. The summed E-state index contributed by atoms with van der Waals surface area (Å²) in [6.45, 7) is 10.6. The van der Waals surface area contributed by atoms with E-state index in [1.165, 1.54) is 12.1 Å². The summed E-state index contributed by atoms with van der Waals surface area (Å²) in [5.74, 6) is -0.533. The number of amides is 2. The van der Waals surface area contributed by atoms with Crippen LogP contribution in [0.3, 0.4) is 0 Å². The van der Waals surface area contributed by atoms with Crippen LogP contribution in [0.5, 0.6) is 0 Å². The monoisotopic (exact) mass is 528 g/mol. The van der Waals surface area contributed by atoms with Crippen LogP contribution in [0.15, 0.2) is 36.8 Å². The Morgan fingerprint density at radius 3 is 2.68 bits per heavy atom. The molecule has 0 bridgehead atoms. The number of carbonyl (C=O) groups is 2. The van der Waals surface area contributed by atoms with Gasteiger partial charge < -0.3 is 19.1 Å². The third kappa shape index (κ3) is 5.74. The van der Waals surface area contributed by atoms with Gasteiger partial charge in [0, 0.05) is 44.0 Å². The predicted molar refractivity (Wildman–Crippen MR) is 143 cm³/mol. The van der Waals surface area contributed by atoms with Crippen LogP contribution >= 0.6 is 11.6 Å². The average Bonchev–Trinajstić information content (AvgIpc) is 3.43. The number of halogens is 2. The smallest absolute Gasteiger partial charge is 0.410 e. The van der Waals surface area contributed by atoms with Crippen LogP contribution in [0.2, 0.25) is 5.02 Å². The van der Waals surface area contributed by atoms with Crippen LogP contribution in [0, 0.1) is 11.7 Å². The Morgan fingerprint density at radius 1 is 1.27 bits per heavy atom. The fraction of sp³-hybridized carbons (Fsp3) is 0.464. The van der Waals surface area contributed by atoms with Crippen molar-refractivity contribution in [1.29, 1.82) is 0 Å². The van der Waals surface area contributed by atoms with E-state index < -0.39 is 11.4 Å². The van der Waals surface area contributed by atoms with Crippen LogP contribution in [0.4, 0.5) is 9.18 Å². The van der Waals surface area contributed by atoms with Gasteiger partial charge in [0.15, 0.2) is 0 Å². The van der Waals surface area contributed by atoms with Crippen LogP contribution in [0.1, 0.15) is 57.0 Å². The van der Waals surface area contributed by atoms with Crippen molar-refractivity contribution in [2.75, 3.05) is 20.1 Å². The summed E-state index contributed by atoms with van der Waals surface area (Å²) in [6, 6.07) is 4.18. The highest BCUT2D eigenvalue weighted by Crippen LogP contribution is 2.34. The lowest BCUT2D eigenvalue weighted by Crippen LogP contribution is -2.35. The quantitative estimate of drug-likeness (QED) is 0.401. The fourth-order valence-electron chi connectivity index (χ4n) is 4.69. The number of fused-ring (bicyclic) bond motifs is 1. The summed E-state index contributed by atoms with van der Waals surface area (Å²) in [7, 11) is 1.70. The topological polar surface area (TPSA) is 67.7 Å². The average molecular weight is 529 g/mol. The number of ether oxygens (including phenoxy) is 1. The first kappa shape index (κ1) is 26.9. The molecule has 0 unspecified atom stereocenters. The number of carbonyl (C=O) groups excluding carboxylic acids is 2. The van der Waals surface area contributed by atoms with E-state index in [1.54, 1.807) is 35.3 Å². The maximum Gasteiger partial charge on any atom is 0.410 e. The summed E-state index contributed by atoms with van der Waals surface area (Å²) < 4.78 is 21.7. The highest BCUT2D eigenvalue weighted by atomic mass is 35.5. The second kappa shape index (κ2) is 10.3. The molecule has 0 aliphatic carbocycles. The van der Waals surface area contributed by atoms with E-state index in [2.05, 4.69) is 4.98 Å². The summed E-state index contributed by atoms with van der Waals surface area (Å²) in [6.07, 6.45) is 6.48. The van der Waals surface area contributed by atoms with Crippen LogP contribution < -0.4 is 0 Å². The van der Waals surface area contributed by atoms with E-state index in [0.29, 0.717) is 30.2 Å². The van der Waals surface area contributed by atoms with Crippen LogP contribution in [0.25, 0.3) is 16.6 Å². The van der Waals surface area contributed by atoms with Gasteiger partial charge in [0.2, 0.25) is 0 Å². The molecule has 0 saturated carbocycles. The van der Waals surface area contributed by atoms with E-state index in [-0.39, 0.29) is 29.5 Å². The van der Waals surface area contributed by atoms with Crippen LogP contribution in [-0.4, -0.2) is 63.1 Å². The van der Waals surface area contributed by atoms with Gasteiger partial charge in [0.05, 0.1) is 28.0 Å². The third-order valence-corrected chi connectivity index (χ3v) is 7.02. The maximum absolute atomic E-state index is 14.3. The molecule has 7 nitrogen and oxygen atoms in total. The second-order valence-corrected chi connectivity index (χ2v) is 11.4. The molecular formula is C28H34ClFN4O3. The van der Waals surface area contributed by atoms with Crippen molar-refractivity contribution in [2.45, 2.75) is 59.1 Å². The lowest BCUT2D eigenvalue weighted by atomic mass is 9.99. The van der Waals surface area contributed by atoms with Gasteiger partial charge in [-0.1, -0.05) is 11.6 Å². The van der Waals surface area contributed by atoms with E-state index in [4.69, 9.17) is 16.3 Å². The van der Waals surface area contributed by atoms with Gasteiger partial charge >= 0.3 is 6.09 Å². The predicted octanol–water partition coefficient (Wildman–Crippen LogP) is 6.10. The van der Waals surface area contributed by atoms with E-state index >= 15 is 0 Å². The molecule has 3 heterocycles. The summed E-state index contributed by atoms with van der Waals surface area (Å²) in [4.78, 5) is 33.4. The molecule has 9 heteroatoms.